The van der Waals surface area contributed by atoms with E-state index < -0.39 is 0 Å². The third kappa shape index (κ3) is 4.02. The van der Waals surface area contributed by atoms with Crippen LogP contribution in [0.1, 0.15) is 23.2 Å². The van der Waals surface area contributed by atoms with Gasteiger partial charge in [0.25, 0.3) is 0 Å². The van der Waals surface area contributed by atoms with Gasteiger partial charge in [0.15, 0.2) is 0 Å². The number of hydrogen-bond donors (Lipinski definition) is 0. The van der Waals surface area contributed by atoms with E-state index in [1.54, 1.807) is 0 Å². The topological polar surface area (TPSA) is 6.48 Å². The minimum absolute atomic E-state index is 0.216. The van der Waals surface area contributed by atoms with E-state index in [0.717, 1.165) is 10.0 Å². The molecule has 0 saturated carbocycles. The van der Waals surface area contributed by atoms with Crippen molar-refractivity contribution in [2.45, 2.75) is 12.1 Å². The van der Waals surface area contributed by atoms with Gasteiger partial charge in [0.2, 0.25) is 0 Å². The molecular formula is C18H22Cl2N2. The first-order chi connectivity index (χ1) is 10.4. The van der Waals surface area contributed by atoms with Crippen molar-refractivity contribution in [2.24, 2.45) is 0 Å². The van der Waals surface area contributed by atoms with Gasteiger partial charge in [0.1, 0.15) is 0 Å². The molecule has 0 bridgehead atoms. The molecule has 2 nitrogen and oxygen atoms in total. The van der Waals surface area contributed by atoms with Gasteiger partial charge in [0.05, 0.1) is 12.1 Å². The second kappa shape index (κ2) is 7.47. The van der Waals surface area contributed by atoms with Gasteiger partial charge in [-0.3, -0.25) is 0 Å². The monoisotopic (exact) mass is 336 g/mol. The molecule has 0 aliphatic carbocycles. The summed E-state index contributed by atoms with van der Waals surface area (Å²) in [7, 11) is 8.41. The fourth-order valence-corrected chi connectivity index (χ4v) is 3.10. The number of halogens is 2. The Morgan fingerprint density at radius 3 is 1.09 bits per heavy atom. The number of benzene rings is 2. The molecule has 0 heterocycles. The van der Waals surface area contributed by atoms with Crippen LogP contribution in [0.25, 0.3) is 0 Å². The number of likely N-dealkylation sites (N-methyl/N-ethyl adjacent to an activating group) is 2. The van der Waals surface area contributed by atoms with Gasteiger partial charge < -0.3 is 9.80 Å². The Balaban J connectivity index is 2.46. The smallest absolute Gasteiger partial charge is 0.0540 e. The standard InChI is InChI=1S/C18H22Cl2N2/c1-21(2)17(13-5-9-15(19)10-6-13)18(22(3)4)14-7-11-16(20)12-8-14/h5-12,17-18H,1-4H3/t17-,18-/m1/s1. The number of nitrogens with zero attached hydrogens (tertiary/aromatic N) is 2. The van der Waals surface area contributed by atoms with Crippen molar-refractivity contribution in [2.75, 3.05) is 28.2 Å². The van der Waals surface area contributed by atoms with E-state index in [4.69, 9.17) is 23.2 Å². The zero-order chi connectivity index (χ0) is 16.3. The lowest BCUT2D eigenvalue weighted by molar-refractivity contribution is 0.152. The largest absolute Gasteiger partial charge is 0.301 e. The van der Waals surface area contributed by atoms with E-state index in [2.05, 4.69) is 62.3 Å². The van der Waals surface area contributed by atoms with E-state index in [1.165, 1.54) is 11.1 Å². The van der Waals surface area contributed by atoms with E-state index in [9.17, 15) is 0 Å². The molecule has 0 fully saturated rings. The highest BCUT2D eigenvalue weighted by molar-refractivity contribution is 6.30. The number of rotatable bonds is 5. The van der Waals surface area contributed by atoms with Gasteiger partial charge in [-0.05, 0) is 63.6 Å². The maximum atomic E-state index is 6.03. The molecule has 0 aliphatic rings. The first kappa shape index (κ1) is 17.3. The average molecular weight is 337 g/mol. The first-order valence-corrected chi connectivity index (χ1v) is 7.99. The predicted octanol–water partition coefficient (Wildman–Crippen LogP) is 4.90. The lowest BCUT2D eigenvalue weighted by atomic mass is 9.91. The molecule has 2 aromatic rings. The zero-order valence-electron chi connectivity index (χ0n) is 13.4. The van der Waals surface area contributed by atoms with Crippen LogP contribution in [-0.2, 0) is 0 Å². The van der Waals surface area contributed by atoms with Crippen molar-refractivity contribution < 1.29 is 0 Å². The molecule has 2 atom stereocenters. The molecule has 0 unspecified atom stereocenters. The second-order valence-electron chi connectivity index (χ2n) is 5.92. The molecule has 0 aliphatic heterocycles. The van der Waals surface area contributed by atoms with Gasteiger partial charge in [-0.15, -0.1) is 0 Å². The molecule has 2 aromatic carbocycles. The normalized spacial score (nSPS) is 14.4. The van der Waals surface area contributed by atoms with E-state index in [0.29, 0.717) is 0 Å². The fourth-order valence-electron chi connectivity index (χ4n) is 2.85. The summed E-state index contributed by atoms with van der Waals surface area (Å²) >= 11 is 12.1. The maximum Gasteiger partial charge on any atom is 0.0540 e. The van der Waals surface area contributed by atoms with Crippen molar-refractivity contribution >= 4 is 23.2 Å². The van der Waals surface area contributed by atoms with Crippen LogP contribution < -0.4 is 0 Å². The molecule has 0 N–H and O–H groups in total. The Hall–Kier alpha value is -1.06. The van der Waals surface area contributed by atoms with Crippen LogP contribution in [0.5, 0.6) is 0 Å². The summed E-state index contributed by atoms with van der Waals surface area (Å²) in [6, 6.07) is 16.6. The van der Waals surface area contributed by atoms with Crippen molar-refractivity contribution in [1.82, 2.24) is 9.80 Å². The summed E-state index contributed by atoms with van der Waals surface area (Å²) in [6.45, 7) is 0. The Morgan fingerprint density at radius 2 is 0.864 bits per heavy atom. The van der Waals surface area contributed by atoms with Crippen molar-refractivity contribution in [3.63, 3.8) is 0 Å². The molecule has 4 heteroatoms. The second-order valence-corrected chi connectivity index (χ2v) is 6.79. The van der Waals surface area contributed by atoms with Gasteiger partial charge >= 0.3 is 0 Å². The Morgan fingerprint density at radius 1 is 0.591 bits per heavy atom. The van der Waals surface area contributed by atoms with Gasteiger partial charge in [-0.1, -0.05) is 47.5 Å². The van der Waals surface area contributed by atoms with Crippen LogP contribution in [0.15, 0.2) is 48.5 Å². The third-order valence-electron chi connectivity index (χ3n) is 3.83. The average Bonchev–Trinajstić information content (AvgIpc) is 2.46. The van der Waals surface area contributed by atoms with Gasteiger partial charge in [-0.2, -0.15) is 0 Å². The molecular weight excluding hydrogens is 315 g/mol. The third-order valence-corrected chi connectivity index (χ3v) is 4.34. The molecule has 0 spiro atoms. The van der Waals surface area contributed by atoms with Crippen LogP contribution in [-0.4, -0.2) is 38.0 Å². The minimum Gasteiger partial charge on any atom is -0.301 e. The molecule has 0 saturated heterocycles. The number of hydrogen-bond acceptors (Lipinski definition) is 2. The van der Waals surface area contributed by atoms with Crippen LogP contribution in [0, 0.1) is 0 Å². The lowest BCUT2D eigenvalue weighted by Gasteiger charge is -2.37. The minimum atomic E-state index is 0.216. The van der Waals surface area contributed by atoms with Crippen molar-refractivity contribution in [1.29, 1.82) is 0 Å². The van der Waals surface area contributed by atoms with Gasteiger partial charge in [-0.25, -0.2) is 0 Å². The quantitative estimate of drug-likeness (QED) is 0.766. The molecule has 2 rings (SSSR count). The predicted molar refractivity (Wildman–Crippen MR) is 95.8 cm³/mol. The summed E-state index contributed by atoms with van der Waals surface area (Å²) in [6.07, 6.45) is 0. The Labute approximate surface area is 143 Å². The summed E-state index contributed by atoms with van der Waals surface area (Å²) < 4.78 is 0. The summed E-state index contributed by atoms with van der Waals surface area (Å²) in [5.74, 6) is 0. The fraction of sp³-hybridized carbons (Fsp3) is 0.333. The highest BCUT2D eigenvalue weighted by atomic mass is 35.5. The summed E-state index contributed by atoms with van der Waals surface area (Å²) in [5, 5.41) is 1.52. The maximum absolute atomic E-state index is 6.03. The molecule has 118 valence electrons. The highest BCUT2D eigenvalue weighted by Crippen LogP contribution is 2.36. The van der Waals surface area contributed by atoms with Crippen molar-refractivity contribution in [3.8, 4) is 0 Å². The molecule has 22 heavy (non-hydrogen) atoms. The molecule has 0 radical (unpaired) electrons. The Kier molecular flexibility index (Phi) is 5.87. The SMILES string of the molecule is CN(C)[C@H](c1ccc(Cl)cc1)[C@@H](c1ccc(Cl)cc1)N(C)C. The van der Waals surface area contributed by atoms with Crippen LogP contribution in [0.2, 0.25) is 10.0 Å². The zero-order valence-corrected chi connectivity index (χ0v) is 14.9. The van der Waals surface area contributed by atoms with Crippen LogP contribution in [0.3, 0.4) is 0 Å². The highest BCUT2D eigenvalue weighted by Gasteiger charge is 2.28. The molecule has 0 aromatic heterocycles. The van der Waals surface area contributed by atoms with E-state index in [-0.39, 0.29) is 12.1 Å². The van der Waals surface area contributed by atoms with E-state index >= 15 is 0 Å². The lowest BCUT2D eigenvalue weighted by Crippen LogP contribution is -2.34. The van der Waals surface area contributed by atoms with E-state index in [1.807, 2.05) is 24.3 Å². The molecule has 0 amide bonds. The van der Waals surface area contributed by atoms with Crippen molar-refractivity contribution in [3.05, 3.63) is 69.7 Å². The Bertz CT molecular complexity index is 536. The summed E-state index contributed by atoms with van der Waals surface area (Å²) in [4.78, 5) is 4.48. The summed E-state index contributed by atoms with van der Waals surface area (Å²) in [5.41, 5.74) is 2.48. The van der Waals surface area contributed by atoms with Crippen LogP contribution >= 0.6 is 23.2 Å². The van der Waals surface area contributed by atoms with Crippen LogP contribution in [0.4, 0.5) is 0 Å². The van der Waals surface area contributed by atoms with Gasteiger partial charge in [0, 0.05) is 10.0 Å². The first-order valence-electron chi connectivity index (χ1n) is 7.24.